The molecular formula is C26H30F2N2O7SSi. The van der Waals surface area contributed by atoms with Gasteiger partial charge in [0.05, 0.1) is 12.9 Å². The lowest BCUT2D eigenvalue weighted by atomic mass is 10.1. The zero-order valence-corrected chi connectivity index (χ0v) is 23.7. The maximum atomic E-state index is 15.7. The van der Waals surface area contributed by atoms with E-state index in [0.29, 0.717) is 10.8 Å². The second-order valence-corrected chi connectivity index (χ2v) is 16.3. The molecule has 9 nitrogen and oxygen atoms in total. The Morgan fingerprint density at radius 3 is 2.00 bits per heavy atom. The Labute approximate surface area is 225 Å². The highest BCUT2D eigenvalue weighted by molar-refractivity contribution is 7.86. The van der Waals surface area contributed by atoms with Crippen molar-refractivity contribution < 1.29 is 30.5 Å². The van der Waals surface area contributed by atoms with Crippen molar-refractivity contribution in [1.82, 2.24) is 9.55 Å². The molecule has 1 saturated heterocycles. The van der Waals surface area contributed by atoms with Gasteiger partial charge in [0.15, 0.2) is 6.10 Å². The van der Waals surface area contributed by atoms with Gasteiger partial charge in [0.2, 0.25) is 6.23 Å². The summed E-state index contributed by atoms with van der Waals surface area (Å²) in [6, 6.07) is 19.7. The second kappa shape index (κ2) is 10.5. The number of ether oxygens (including phenoxy) is 1. The molecule has 0 radical (unpaired) electrons. The monoisotopic (exact) mass is 580 g/mol. The van der Waals surface area contributed by atoms with Crippen molar-refractivity contribution in [2.45, 2.75) is 50.2 Å². The number of rotatable bonds is 8. The van der Waals surface area contributed by atoms with Gasteiger partial charge >= 0.3 is 11.6 Å². The lowest BCUT2D eigenvalue weighted by Crippen LogP contribution is -2.67. The van der Waals surface area contributed by atoms with Crippen LogP contribution in [0, 0.1) is 0 Å². The lowest BCUT2D eigenvalue weighted by Gasteiger charge is -2.43. The van der Waals surface area contributed by atoms with Crippen molar-refractivity contribution >= 4 is 28.8 Å². The summed E-state index contributed by atoms with van der Waals surface area (Å²) in [4.78, 5) is 25.7. The number of benzene rings is 2. The van der Waals surface area contributed by atoms with E-state index < -0.39 is 65.7 Å². The Morgan fingerprint density at radius 2 is 1.54 bits per heavy atom. The molecule has 3 atom stereocenters. The largest absolute Gasteiger partial charge is 0.405 e. The van der Waals surface area contributed by atoms with Crippen molar-refractivity contribution in [3.63, 3.8) is 0 Å². The van der Waals surface area contributed by atoms with Gasteiger partial charge in [0.1, 0.15) is 6.10 Å². The number of nitrogens with zero attached hydrogens (tertiary/aromatic N) is 1. The molecule has 0 bridgehead atoms. The summed E-state index contributed by atoms with van der Waals surface area (Å²) in [5.74, 6) is -3.98. The van der Waals surface area contributed by atoms with E-state index in [2.05, 4.69) is 0 Å². The van der Waals surface area contributed by atoms with Crippen molar-refractivity contribution in [3.05, 3.63) is 93.8 Å². The van der Waals surface area contributed by atoms with Gasteiger partial charge in [0.25, 0.3) is 24.0 Å². The Kier molecular flexibility index (Phi) is 7.84. The lowest BCUT2D eigenvalue weighted by molar-refractivity contribution is -0.135. The molecule has 4 rings (SSSR count). The van der Waals surface area contributed by atoms with Crippen molar-refractivity contribution in [3.8, 4) is 0 Å². The Hall–Kier alpha value is -2.97. The highest BCUT2D eigenvalue weighted by Gasteiger charge is 2.63. The molecule has 0 spiro atoms. The maximum Gasteiger partial charge on any atom is 0.330 e. The molecule has 1 N–H and O–H groups in total. The number of nitrogens with one attached hydrogen (secondary N) is 1. The molecule has 39 heavy (non-hydrogen) atoms. The van der Waals surface area contributed by atoms with Crippen LogP contribution in [0.2, 0.25) is 5.04 Å². The summed E-state index contributed by atoms with van der Waals surface area (Å²) in [5, 5.41) is 1.25. The fourth-order valence-electron chi connectivity index (χ4n) is 4.99. The number of hydrogen-bond donors (Lipinski definition) is 1. The first-order valence-corrected chi connectivity index (χ1v) is 15.9. The summed E-state index contributed by atoms with van der Waals surface area (Å²) in [5.41, 5.74) is -1.92. The van der Waals surface area contributed by atoms with Crippen molar-refractivity contribution in [2.75, 3.05) is 12.9 Å². The summed E-state index contributed by atoms with van der Waals surface area (Å²) in [6.45, 7) is 5.53. The number of aromatic nitrogens is 2. The van der Waals surface area contributed by atoms with Crippen LogP contribution in [0.1, 0.15) is 27.0 Å². The predicted octanol–water partition coefficient (Wildman–Crippen LogP) is 1.99. The summed E-state index contributed by atoms with van der Waals surface area (Å²) < 4.78 is 73.1. The fourth-order valence-corrected chi connectivity index (χ4v) is 10.2. The molecular weight excluding hydrogens is 550 g/mol. The van der Waals surface area contributed by atoms with Crippen LogP contribution in [0.5, 0.6) is 0 Å². The van der Waals surface area contributed by atoms with Crippen LogP contribution in [-0.4, -0.2) is 57.3 Å². The minimum Gasteiger partial charge on any atom is -0.405 e. The predicted molar refractivity (Wildman–Crippen MR) is 143 cm³/mol. The van der Waals surface area contributed by atoms with Crippen LogP contribution in [0.15, 0.2) is 82.5 Å². The number of aromatic amines is 1. The molecule has 2 aromatic carbocycles. The normalized spacial score (nSPS) is 21.6. The standard InChI is InChI=1S/C26H30F2N2O7SSi/c1-25(2,3)39(18-11-7-5-8-12-18,19-13-9-6-10-14-19)35-17-20-22(37-38(4,33)34)26(27,28)23(36-20)30-16-15-21(31)29-24(30)32/h5-16,20,22-23H,17H2,1-4H3,(H,29,31,32)/t20-,22-,23-/m1/s1. The van der Waals surface area contributed by atoms with Crippen LogP contribution in [-0.2, 0) is 23.5 Å². The first kappa shape index (κ1) is 29.0. The molecule has 0 aliphatic carbocycles. The molecule has 0 saturated carbocycles. The number of H-pyrrole nitrogens is 1. The van der Waals surface area contributed by atoms with Gasteiger partial charge in [-0.3, -0.25) is 18.5 Å². The third-order valence-electron chi connectivity index (χ3n) is 6.61. The van der Waals surface area contributed by atoms with Crippen LogP contribution in [0.4, 0.5) is 8.78 Å². The zero-order chi connectivity index (χ0) is 28.6. The van der Waals surface area contributed by atoms with Crippen LogP contribution in [0.25, 0.3) is 0 Å². The highest BCUT2D eigenvalue weighted by atomic mass is 32.2. The van der Waals surface area contributed by atoms with E-state index in [1.807, 2.05) is 86.4 Å². The Morgan fingerprint density at radius 1 is 1.00 bits per heavy atom. The number of hydrogen-bond acceptors (Lipinski definition) is 7. The third kappa shape index (κ3) is 5.68. The number of alkyl halides is 2. The van der Waals surface area contributed by atoms with Gasteiger partial charge < -0.3 is 9.16 Å². The van der Waals surface area contributed by atoms with Gasteiger partial charge in [-0.05, 0) is 15.4 Å². The van der Waals surface area contributed by atoms with Crippen molar-refractivity contribution in [2.24, 2.45) is 0 Å². The average Bonchev–Trinajstić information content (AvgIpc) is 3.08. The van der Waals surface area contributed by atoms with E-state index in [4.69, 9.17) is 13.3 Å². The van der Waals surface area contributed by atoms with Gasteiger partial charge in [-0.25, -0.2) is 4.79 Å². The first-order valence-electron chi connectivity index (χ1n) is 12.1. The Bertz CT molecular complexity index is 1480. The van der Waals surface area contributed by atoms with Gasteiger partial charge in [-0.1, -0.05) is 81.4 Å². The summed E-state index contributed by atoms with van der Waals surface area (Å²) >= 11 is 0. The molecule has 13 heteroatoms. The molecule has 1 aromatic heterocycles. The van der Waals surface area contributed by atoms with E-state index in [0.717, 1.165) is 22.6 Å². The summed E-state index contributed by atoms with van der Waals surface area (Å²) in [7, 11) is -7.59. The third-order valence-corrected chi connectivity index (χ3v) is 12.2. The SMILES string of the molecule is CC(C)(C)[Si](OC[C@H]1O[C@@H](n2ccc(=O)[nH]c2=O)C(F)(F)[C@@H]1OS(C)(=O)=O)(c1ccccc1)c1ccccc1. The molecule has 3 aromatic rings. The van der Waals surface area contributed by atoms with Crippen LogP contribution < -0.4 is 21.6 Å². The van der Waals surface area contributed by atoms with Gasteiger partial charge in [0, 0.05) is 12.3 Å². The molecule has 2 heterocycles. The van der Waals surface area contributed by atoms with E-state index in [1.165, 1.54) is 0 Å². The Balaban J connectivity index is 1.80. The van der Waals surface area contributed by atoms with E-state index >= 15 is 8.78 Å². The van der Waals surface area contributed by atoms with Crippen LogP contribution >= 0.6 is 0 Å². The van der Waals surface area contributed by atoms with E-state index in [1.54, 1.807) is 0 Å². The maximum absolute atomic E-state index is 15.7. The average molecular weight is 581 g/mol. The van der Waals surface area contributed by atoms with E-state index in [9.17, 15) is 18.0 Å². The van der Waals surface area contributed by atoms with Gasteiger partial charge in [-0.15, -0.1) is 0 Å². The molecule has 0 unspecified atom stereocenters. The minimum atomic E-state index is -4.37. The first-order chi connectivity index (χ1) is 18.2. The fraction of sp³-hybridized carbons (Fsp3) is 0.385. The molecule has 1 fully saturated rings. The highest BCUT2D eigenvalue weighted by Crippen LogP contribution is 2.45. The van der Waals surface area contributed by atoms with Crippen LogP contribution in [0.3, 0.4) is 0 Å². The topological polar surface area (TPSA) is 117 Å². The quantitative estimate of drug-likeness (QED) is 0.320. The van der Waals surface area contributed by atoms with Gasteiger partial charge in [-0.2, -0.15) is 17.2 Å². The zero-order valence-electron chi connectivity index (χ0n) is 21.8. The van der Waals surface area contributed by atoms with Crippen molar-refractivity contribution in [1.29, 1.82) is 0 Å². The molecule has 0 amide bonds. The molecule has 1 aliphatic heterocycles. The summed E-state index contributed by atoms with van der Waals surface area (Å²) in [6.07, 6.45) is -4.61. The molecule has 210 valence electrons. The second-order valence-electron chi connectivity index (χ2n) is 10.4. The van der Waals surface area contributed by atoms with E-state index in [-0.39, 0.29) is 0 Å². The smallest absolute Gasteiger partial charge is 0.330 e. The minimum absolute atomic E-state index is 0.461. The number of halogens is 2. The molecule has 1 aliphatic rings.